The topological polar surface area (TPSA) is 32.7 Å². The van der Waals surface area contributed by atoms with Gasteiger partial charge in [0.15, 0.2) is 5.78 Å². The highest BCUT2D eigenvalue weighted by molar-refractivity contribution is 6.42. The monoisotopic (exact) mass is 388 g/mol. The zero-order chi connectivity index (χ0) is 18.5. The number of benzene rings is 2. The number of anilines is 1. The third-order valence-electron chi connectivity index (χ3n) is 4.55. The van der Waals surface area contributed by atoms with E-state index in [4.69, 9.17) is 28.2 Å². The maximum Gasteiger partial charge on any atom is 0.182 e. The minimum atomic E-state index is -0.00362. The van der Waals surface area contributed by atoms with Crippen LogP contribution in [0.25, 0.3) is 0 Å². The van der Waals surface area contributed by atoms with Crippen molar-refractivity contribution in [2.75, 3.05) is 18.0 Å². The molecule has 1 heterocycles. The van der Waals surface area contributed by atoms with E-state index in [1.807, 2.05) is 17.0 Å². The molecule has 3 nitrogen and oxygen atoms in total. The van der Waals surface area contributed by atoms with Crippen molar-refractivity contribution in [2.45, 2.75) is 32.6 Å². The van der Waals surface area contributed by atoms with Crippen LogP contribution in [0.4, 0.5) is 5.69 Å². The van der Waals surface area contributed by atoms with Gasteiger partial charge in [-0.2, -0.15) is 0 Å². The van der Waals surface area contributed by atoms with Gasteiger partial charge < -0.3 is 4.90 Å². The van der Waals surface area contributed by atoms with Crippen LogP contribution in [0.5, 0.6) is 0 Å². The molecule has 0 amide bonds. The van der Waals surface area contributed by atoms with Crippen molar-refractivity contribution in [3.8, 4) is 0 Å². The average Bonchev–Trinajstić information content (AvgIpc) is 2.92. The Morgan fingerprint density at radius 3 is 2.54 bits per heavy atom. The number of carbonyl (C=O) groups excluding carboxylic acids is 1. The Bertz CT molecular complexity index is 815. The molecular weight excluding hydrogens is 367 g/mol. The first-order valence-electron chi connectivity index (χ1n) is 8.90. The third kappa shape index (κ3) is 4.66. The van der Waals surface area contributed by atoms with E-state index in [0.29, 0.717) is 15.6 Å². The highest BCUT2D eigenvalue weighted by Crippen LogP contribution is 2.24. The fourth-order valence-corrected chi connectivity index (χ4v) is 3.34. The SMILES string of the molecule is Cc1ccc(N(CC(=O)c2ccc(Cl)c(Cl)c2)C2=NCCCCC2)cc1. The van der Waals surface area contributed by atoms with E-state index in [-0.39, 0.29) is 12.3 Å². The van der Waals surface area contributed by atoms with Gasteiger partial charge in [-0.25, -0.2) is 0 Å². The summed E-state index contributed by atoms with van der Waals surface area (Å²) in [4.78, 5) is 19.7. The van der Waals surface area contributed by atoms with Gasteiger partial charge in [-0.15, -0.1) is 0 Å². The predicted octanol–water partition coefficient (Wildman–Crippen LogP) is 5.96. The summed E-state index contributed by atoms with van der Waals surface area (Å²) in [7, 11) is 0. The maximum absolute atomic E-state index is 12.9. The lowest BCUT2D eigenvalue weighted by Gasteiger charge is -2.26. The number of aliphatic imine (C=N–C) groups is 1. The second-order valence-electron chi connectivity index (χ2n) is 6.58. The molecule has 5 heteroatoms. The molecule has 0 saturated heterocycles. The van der Waals surface area contributed by atoms with E-state index in [2.05, 4.69) is 19.1 Å². The number of halogens is 2. The number of carbonyl (C=O) groups is 1. The molecule has 0 saturated carbocycles. The van der Waals surface area contributed by atoms with Gasteiger partial charge in [0.1, 0.15) is 5.84 Å². The van der Waals surface area contributed by atoms with Crippen LogP contribution in [0, 0.1) is 6.92 Å². The first-order chi connectivity index (χ1) is 12.5. The Morgan fingerprint density at radius 1 is 1.04 bits per heavy atom. The van der Waals surface area contributed by atoms with Crippen LogP contribution in [0.3, 0.4) is 0 Å². The molecule has 2 aromatic rings. The Morgan fingerprint density at radius 2 is 1.81 bits per heavy atom. The molecule has 0 N–H and O–H groups in total. The average molecular weight is 389 g/mol. The number of Topliss-reactive ketones (excluding diaryl/α,β-unsaturated/α-hetero) is 1. The predicted molar refractivity (Wildman–Crippen MR) is 110 cm³/mol. The molecular formula is C21H22Cl2N2O. The minimum absolute atomic E-state index is 0.00362. The van der Waals surface area contributed by atoms with Crippen molar-refractivity contribution in [3.63, 3.8) is 0 Å². The zero-order valence-electron chi connectivity index (χ0n) is 14.8. The summed E-state index contributed by atoms with van der Waals surface area (Å²) in [5.74, 6) is 0.982. The summed E-state index contributed by atoms with van der Waals surface area (Å²) in [5.41, 5.74) is 2.74. The highest BCUT2D eigenvalue weighted by Gasteiger charge is 2.20. The van der Waals surface area contributed by atoms with Gasteiger partial charge in [0.05, 0.1) is 16.6 Å². The van der Waals surface area contributed by atoms with E-state index in [0.717, 1.165) is 37.3 Å². The molecule has 1 aliphatic heterocycles. The molecule has 1 aliphatic rings. The summed E-state index contributed by atoms with van der Waals surface area (Å²) >= 11 is 12.0. The Kier molecular flexibility index (Phi) is 6.33. The van der Waals surface area contributed by atoms with E-state index in [1.54, 1.807) is 18.2 Å². The van der Waals surface area contributed by atoms with Crippen molar-refractivity contribution >= 4 is 40.5 Å². The molecule has 0 atom stereocenters. The van der Waals surface area contributed by atoms with Gasteiger partial charge in [0.25, 0.3) is 0 Å². The molecule has 0 radical (unpaired) electrons. The van der Waals surface area contributed by atoms with Crippen LogP contribution in [0.1, 0.15) is 41.6 Å². The number of amidine groups is 1. The largest absolute Gasteiger partial charge is 0.322 e. The van der Waals surface area contributed by atoms with E-state index < -0.39 is 0 Å². The third-order valence-corrected chi connectivity index (χ3v) is 5.29. The summed E-state index contributed by atoms with van der Waals surface area (Å²) in [5, 5.41) is 0.845. The number of rotatable bonds is 4. The van der Waals surface area contributed by atoms with Crippen LogP contribution in [0.15, 0.2) is 47.5 Å². The van der Waals surface area contributed by atoms with Crippen molar-refractivity contribution in [3.05, 3.63) is 63.6 Å². The first-order valence-corrected chi connectivity index (χ1v) is 9.66. The van der Waals surface area contributed by atoms with Crippen LogP contribution in [-0.4, -0.2) is 24.7 Å². The lowest BCUT2D eigenvalue weighted by atomic mass is 10.1. The normalized spacial score (nSPS) is 14.5. The Labute approximate surface area is 164 Å². The molecule has 0 fully saturated rings. The van der Waals surface area contributed by atoms with Gasteiger partial charge in [-0.3, -0.25) is 9.79 Å². The van der Waals surface area contributed by atoms with E-state index in [1.165, 1.54) is 12.0 Å². The molecule has 3 rings (SSSR count). The smallest absolute Gasteiger partial charge is 0.182 e. The summed E-state index contributed by atoms with van der Waals surface area (Å²) < 4.78 is 0. The highest BCUT2D eigenvalue weighted by atomic mass is 35.5. The van der Waals surface area contributed by atoms with Crippen molar-refractivity contribution in [1.29, 1.82) is 0 Å². The van der Waals surface area contributed by atoms with Crippen molar-refractivity contribution in [1.82, 2.24) is 0 Å². The summed E-state index contributed by atoms with van der Waals surface area (Å²) in [6, 6.07) is 13.2. The molecule has 0 unspecified atom stereocenters. The number of hydrogen-bond acceptors (Lipinski definition) is 3. The fraction of sp³-hybridized carbons (Fsp3) is 0.333. The summed E-state index contributed by atoms with van der Waals surface area (Å²) in [6.45, 7) is 3.11. The quantitative estimate of drug-likeness (QED) is 0.604. The van der Waals surface area contributed by atoms with Crippen LogP contribution >= 0.6 is 23.2 Å². The molecule has 0 aromatic heterocycles. The lowest BCUT2D eigenvalue weighted by Crippen LogP contribution is -2.36. The first kappa shape index (κ1) is 18.9. The second-order valence-corrected chi connectivity index (χ2v) is 7.40. The lowest BCUT2D eigenvalue weighted by molar-refractivity contribution is 0.100. The van der Waals surface area contributed by atoms with Crippen LogP contribution in [0.2, 0.25) is 10.0 Å². The van der Waals surface area contributed by atoms with Gasteiger partial charge in [0.2, 0.25) is 0 Å². The van der Waals surface area contributed by atoms with Crippen LogP contribution < -0.4 is 4.90 Å². The molecule has 0 bridgehead atoms. The number of hydrogen-bond donors (Lipinski definition) is 0. The van der Waals surface area contributed by atoms with Gasteiger partial charge >= 0.3 is 0 Å². The summed E-state index contributed by atoms with van der Waals surface area (Å²) in [6.07, 6.45) is 4.27. The standard InChI is InChI=1S/C21H22Cl2N2O/c1-15-6-9-17(10-7-15)25(21-5-3-2-4-12-24-21)14-20(26)16-8-11-18(22)19(23)13-16/h6-11,13H,2-5,12,14H2,1H3. The molecule has 0 spiro atoms. The number of ketones is 1. The molecule has 136 valence electrons. The molecule has 0 aliphatic carbocycles. The number of nitrogens with zero attached hydrogens (tertiary/aromatic N) is 2. The molecule has 2 aromatic carbocycles. The van der Waals surface area contributed by atoms with Crippen LogP contribution in [-0.2, 0) is 0 Å². The molecule has 26 heavy (non-hydrogen) atoms. The van der Waals surface area contributed by atoms with Crippen molar-refractivity contribution < 1.29 is 4.79 Å². The second kappa shape index (κ2) is 8.70. The van der Waals surface area contributed by atoms with Gasteiger partial charge in [0, 0.05) is 24.2 Å². The minimum Gasteiger partial charge on any atom is -0.322 e. The maximum atomic E-state index is 12.9. The Balaban J connectivity index is 1.89. The zero-order valence-corrected chi connectivity index (χ0v) is 16.4. The van der Waals surface area contributed by atoms with Gasteiger partial charge in [-0.05, 0) is 50.1 Å². The van der Waals surface area contributed by atoms with E-state index >= 15 is 0 Å². The number of aryl methyl sites for hydroxylation is 1. The fourth-order valence-electron chi connectivity index (χ4n) is 3.04. The van der Waals surface area contributed by atoms with Gasteiger partial charge in [-0.1, -0.05) is 47.3 Å². The van der Waals surface area contributed by atoms with Crippen molar-refractivity contribution in [2.24, 2.45) is 4.99 Å². The Hall–Kier alpha value is -1.84. The van der Waals surface area contributed by atoms with E-state index in [9.17, 15) is 4.79 Å².